The Bertz CT molecular complexity index is 4160. The van der Waals surface area contributed by atoms with Gasteiger partial charge in [0.25, 0.3) is 0 Å². The number of carboxylic acids is 2. The lowest BCUT2D eigenvalue weighted by molar-refractivity contribution is -0.143. The smallest absolute Gasteiger partial charge is 0.328 e. The number of hydrogen-bond acceptors (Lipinski definition) is 29. The van der Waals surface area contributed by atoms with E-state index in [2.05, 4.69) is 105 Å². The van der Waals surface area contributed by atoms with Gasteiger partial charge in [-0.3, -0.25) is 88.0 Å². The van der Waals surface area contributed by atoms with E-state index in [1.807, 2.05) is 5.32 Å². The fraction of sp³-hybridized carbons (Fsp3) is 0.544. The molecule has 0 saturated heterocycles. The molecule has 0 bridgehead atoms. The highest BCUT2D eigenvalue weighted by Crippen LogP contribution is 2.18. The lowest BCUT2D eigenvalue weighted by atomic mass is 9.99. The SMILES string of the molecule is CC(C)CC(NC(=O)[C@@H](NC(=O)C(CC(N)=O)NC(=O)[C@H](CO)NC(=O)C(CO)NC(=O)[C@H](CC(=O)O)NC(=O)C(Cc1ccccc1)NC(=O)[C@H](Cc1ccc(O)cc1)NC(=O)C(CS)NN)C(C)C)C(=O)N[C@@H](CS)C(=O)NC(CCCCN)C(=O)N[C@@H](CCCCN)C(=O)NC(Cc1ccc(O)cc1)C(=O)N[C@@H](CCCNC(=N)N)C(=O)NC(CO)C(=O)O. The van der Waals surface area contributed by atoms with Crippen molar-refractivity contribution in [3.8, 4) is 11.5 Å². The average molecular weight is 1830 g/mol. The van der Waals surface area contributed by atoms with E-state index in [0.717, 1.165) is 0 Å². The zero-order valence-corrected chi connectivity index (χ0v) is 72.5. The number of carbonyl (C=O) groups excluding carboxylic acids is 15. The van der Waals surface area contributed by atoms with E-state index in [0.29, 0.717) is 29.5 Å². The van der Waals surface area contributed by atoms with Crippen LogP contribution in [-0.4, -0.2) is 284 Å². The Kier molecular flexibility index (Phi) is 49.4. The van der Waals surface area contributed by atoms with Gasteiger partial charge in [0.05, 0.1) is 32.7 Å². The van der Waals surface area contributed by atoms with Crippen LogP contribution in [0.4, 0.5) is 0 Å². The minimum atomic E-state index is -2.11. The molecule has 0 aliphatic carbocycles. The molecule has 0 heterocycles. The fourth-order valence-electron chi connectivity index (χ4n) is 12.3. The molecule has 3 rings (SSSR count). The third kappa shape index (κ3) is 40.0. The number of nitrogens with two attached hydrogens (primary N) is 5. The fourth-order valence-corrected chi connectivity index (χ4v) is 12.9. The Morgan fingerprint density at radius 2 is 0.685 bits per heavy atom. The molecule has 8 unspecified atom stereocenters. The summed E-state index contributed by atoms with van der Waals surface area (Å²) in [4.78, 5) is 235. The number of guanidine groups is 1. The molecule has 127 heavy (non-hydrogen) atoms. The van der Waals surface area contributed by atoms with Gasteiger partial charge in [-0.1, -0.05) is 82.3 Å². The number of aromatic hydroxyl groups is 2. The number of aliphatic hydroxyl groups is 3. The van der Waals surface area contributed by atoms with Crippen LogP contribution >= 0.6 is 25.3 Å². The van der Waals surface area contributed by atoms with Gasteiger partial charge in [0.1, 0.15) is 102 Å². The first kappa shape index (κ1) is 109. The topological polar surface area (TPSA) is 778 Å². The summed E-state index contributed by atoms with van der Waals surface area (Å²) in [6, 6.07) is -6.00. The average Bonchev–Trinajstić information content (AvgIpc) is 0.851. The van der Waals surface area contributed by atoms with E-state index in [1.165, 1.54) is 62.4 Å². The standard InChI is InChI=1S/C79H122N22O24S2/c1-40(2)29-50(67(113)99-59(38-126)75(121)89-47(15-8-10-26-80)64(110)87-48(16-9-11-27-81)65(111)90-52(31-43-18-22-45(105)23-19-43)68(114)88-49(17-12-28-86-79(83)84)66(112)98-58(37-104)78(124)125)95-77(123)63(41(3)4)100-72(118)54(33-61(82)107)93-73(119)56(35-102)97-74(120)57(36-103)96-71(117)55(34-62(108)109)94-70(116)51(30-42-13-6-5-7-14-42)91-69(115)53(92-76(122)60(39-127)101-85)32-44-20-24-46(106)25-21-44/h5-7,13-14,18-25,40-41,47-60,63,101-106,126-127H,8-12,15-17,26-39,80-81,85H2,1-4H3,(H2,82,107)(H,87,110)(H,88,114)(H,89,121)(H,90,111)(H,91,115)(H,92,122)(H,93,119)(H,94,116)(H,95,123)(H,96,117)(H,97,120)(H,98,112)(H,99,113)(H,100,118)(H,108,109)(H,124,125)(H4,83,84,86)/t47?,48-,49-,50?,51?,52?,53-,54?,55-,56-,57?,58?,59-,60?,63-/m0/s1. The van der Waals surface area contributed by atoms with Crippen LogP contribution in [0.5, 0.6) is 11.5 Å². The molecular formula is C79H122N22O24S2. The Balaban J connectivity index is 1.88. The minimum Gasteiger partial charge on any atom is -0.508 e. The highest BCUT2D eigenvalue weighted by Gasteiger charge is 2.40. The third-order valence-corrected chi connectivity index (χ3v) is 20.0. The molecule has 34 N–H and O–H groups in total. The van der Waals surface area contributed by atoms with Crippen molar-refractivity contribution in [2.75, 3.05) is 51.0 Å². The van der Waals surface area contributed by atoms with Crippen molar-refractivity contribution in [1.29, 1.82) is 5.41 Å². The number of benzene rings is 3. The number of thiol groups is 2. The molecule has 0 aromatic heterocycles. The number of amides is 15. The molecule has 0 radical (unpaired) electrons. The number of nitrogens with one attached hydrogen (secondary N) is 17. The van der Waals surface area contributed by atoms with E-state index in [-0.39, 0.29) is 107 Å². The summed E-state index contributed by atoms with van der Waals surface area (Å²) in [7, 11) is 0. The van der Waals surface area contributed by atoms with Crippen molar-refractivity contribution in [1.82, 2.24) is 85.2 Å². The van der Waals surface area contributed by atoms with Gasteiger partial charge in [-0.05, 0) is 124 Å². The largest absolute Gasteiger partial charge is 0.508 e. The van der Waals surface area contributed by atoms with Crippen LogP contribution in [0.15, 0.2) is 78.9 Å². The van der Waals surface area contributed by atoms with Gasteiger partial charge < -0.3 is 138 Å². The van der Waals surface area contributed by atoms with Gasteiger partial charge in [-0.2, -0.15) is 25.3 Å². The van der Waals surface area contributed by atoms with Crippen LogP contribution in [0.3, 0.4) is 0 Å². The predicted octanol–water partition coefficient (Wildman–Crippen LogP) is -8.76. The molecular weight excluding hydrogens is 1710 g/mol. The van der Waals surface area contributed by atoms with Gasteiger partial charge in [0.15, 0.2) is 5.96 Å². The monoisotopic (exact) mass is 1830 g/mol. The summed E-state index contributed by atoms with van der Waals surface area (Å²) in [5, 5.41) is 114. The van der Waals surface area contributed by atoms with E-state index in [9.17, 15) is 117 Å². The van der Waals surface area contributed by atoms with E-state index in [1.54, 1.807) is 44.2 Å². The molecule has 704 valence electrons. The number of phenols is 2. The van der Waals surface area contributed by atoms with Crippen molar-refractivity contribution in [3.63, 3.8) is 0 Å². The van der Waals surface area contributed by atoms with Crippen LogP contribution in [-0.2, 0) is 101 Å². The number of hydrogen-bond donors (Lipinski definition) is 31. The number of aliphatic carboxylic acids is 2. The minimum absolute atomic E-state index is 0.0223. The number of carbonyl (C=O) groups is 17. The van der Waals surface area contributed by atoms with Crippen molar-refractivity contribution in [3.05, 3.63) is 95.6 Å². The second-order valence-electron chi connectivity index (χ2n) is 30.4. The maximum Gasteiger partial charge on any atom is 0.328 e. The highest BCUT2D eigenvalue weighted by molar-refractivity contribution is 7.80. The maximum absolute atomic E-state index is 14.6. The second-order valence-corrected chi connectivity index (χ2v) is 31.1. The first-order chi connectivity index (χ1) is 60.2. The lowest BCUT2D eigenvalue weighted by Crippen LogP contribution is -2.62. The molecule has 15 amide bonds. The maximum atomic E-state index is 14.6. The summed E-state index contributed by atoms with van der Waals surface area (Å²) in [6.07, 6.45) is -2.40. The quantitative estimate of drug-likeness (QED) is 0.00623. The number of rotatable bonds is 60. The van der Waals surface area contributed by atoms with E-state index in [4.69, 9.17) is 34.2 Å². The van der Waals surface area contributed by atoms with Crippen LogP contribution in [0, 0.1) is 17.2 Å². The number of aliphatic hydroxyl groups excluding tert-OH is 3. The van der Waals surface area contributed by atoms with E-state index < -0.39 is 241 Å². The molecule has 0 fully saturated rings. The van der Waals surface area contributed by atoms with Crippen LogP contribution < -0.4 is 114 Å². The van der Waals surface area contributed by atoms with Crippen LogP contribution in [0.2, 0.25) is 0 Å². The van der Waals surface area contributed by atoms with Crippen molar-refractivity contribution >= 4 is 132 Å². The molecule has 0 saturated carbocycles. The summed E-state index contributed by atoms with van der Waals surface area (Å²) in [5.41, 5.74) is 26.0. The Hall–Kier alpha value is -12.1. The number of hydrazine groups is 1. The number of phenolic OH excluding ortho intramolecular Hbond substituents is 2. The predicted molar refractivity (Wildman–Crippen MR) is 464 cm³/mol. The molecule has 3 aromatic rings. The lowest BCUT2D eigenvalue weighted by Gasteiger charge is -2.29. The normalized spacial score (nSPS) is 14.7. The molecule has 46 nitrogen and oxygen atoms in total. The van der Waals surface area contributed by atoms with Crippen LogP contribution in [0.25, 0.3) is 0 Å². The zero-order valence-electron chi connectivity index (χ0n) is 70.7. The first-order valence-corrected chi connectivity index (χ1v) is 42.0. The molecule has 15 atom stereocenters. The summed E-state index contributed by atoms with van der Waals surface area (Å²) in [6.45, 7) is 2.96. The Morgan fingerprint density at radius 1 is 0.370 bits per heavy atom. The summed E-state index contributed by atoms with van der Waals surface area (Å²) < 4.78 is 0. The van der Waals surface area contributed by atoms with Crippen LogP contribution in [0.1, 0.15) is 115 Å². The van der Waals surface area contributed by atoms with Gasteiger partial charge in [-0.25, -0.2) is 10.2 Å². The Labute approximate surface area is 743 Å². The van der Waals surface area contributed by atoms with Crippen molar-refractivity contribution < 1.29 is 117 Å². The molecule has 48 heteroatoms. The third-order valence-electron chi connectivity index (χ3n) is 19.3. The molecule has 3 aromatic carbocycles. The molecule has 0 aliphatic heterocycles. The number of carboxylic acid groups (broad SMARTS) is 2. The highest BCUT2D eigenvalue weighted by atomic mass is 32.1. The number of primary amides is 1. The summed E-state index contributed by atoms with van der Waals surface area (Å²) in [5.74, 6) is -16.9. The second kappa shape index (κ2) is 57.5. The zero-order chi connectivity index (χ0) is 95.2. The first-order valence-electron chi connectivity index (χ1n) is 40.7. The van der Waals surface area contributed by atoms with Crippen molar-refractivity contribution in [2.24, 2.45) is 40.6 Å². The van der Waals surface area contributed by atoms with Crippen molar-refractivity contribution in [2.45, 2.75) is 208 Å². The van der Waals surface area contributed by atoms with E-state index >= 15 is 0 Å². The number of unbranched alkanes of at least 4 members (excludes halogenated alkanes) is 2. The van der Waals surface area contributed by atoms with Gasteiger partial charge >= 0.3 is 11.9 Å². The van der Waals surface area contributed by atoms with Gasteiger partial charge in [0.2, 0.25) is 88.6 Å². The van der Waals surface area contributed by atoms with Gasteiger partial charge in [0, 0.05) is 37.3 Å². The summed E-state index contributed by atoms with van der Waals surface area (Å²) >= 11 is 8.43. The molecule has 0 aliphatic rings. The molecule has 0 spiro atoms. The Morgan fingerprint density at radius 3 is 1.05 bits per heavy atom. The van der Waals surface area contributed by atoms with Gasteiger partial charge in [-0.15, -0.1) is 0 Å².